The SMILES string of the molecule is Cc1ccc(C)c(NC(=O)N2CCC(C(C)O)CC2)c1. The van der Waals surface area contributed by atoms with Crippen molar-refractivity contribution in [2.45, 2.75) is 39.7 Å². The van der Waals surface area contributed by atoms with Gasteiger partial charge in [-0.25, -0.2) is 4.79 Å². The van der Waals surface area contributed by atoms with Gasteiger partial charge in [0.25, 0.3) is 0 Å². The first kappa shape index (κ1) is 14.9. The van der Waals surface area contributed by atoms with E-state index < -0.39 is 0 Å². The molecule has 0 radical (unpaired) electrons. The zero-order valence-corrected chi connectivity index (χ0v) is 12.5. The van der Waals surface area contributed by atoms with Crippen LogP contribution in [0.3, 0.4) is 0 Å². The number of aliphatic hydroxyl groups excluding tert-OH is 1. The van der Waals surface area contributed by atoms with E-state index in [1.807, 2.05) is 43.9 Å². The summed E-state index contributed by atoms with van der Waals surface area (Å²) in [7, 11) is 0. The molecule has 1 aliphatic heterocycles. The molecule has 2 amide bonds. The van der Waals surface area contributed by atoms with Gasteiger partial charge in [-0.1, -0.05) is 12.1 Å². The van der Waals surface area contributed by atoms with E-state index >= 15 is 0 Å². The normalized spacial score (nSPS) is 17.9. The summed E-state index contributed by atoms with van der Waals surface area (Å²) in [6.07, 6.45) is 1.47. The van der Waals surface area contributed by atoms with Crippen molar-refractivity contribution in [2.75, 3.05) is 18.4 Å². The van der Waals surface area contributed by atoms with Crippen LogP contribution < -0.4 is 5.32 Å². The zero-order chi connectivity index (χ0) is 14.7. The highest BCUT2D eigenvalue weighted by Crippen LogP contribution is 2.22. The van der Waals surface area contributed by atoms with Gasteiger partial charge in [0.1, 0.15) is 0 Å². The molecule has 0 aliphatic carbocycles. The number of nitrogens with one attached hydrogen (secondary N) is 1. The molecule has 1 unspecified atom stereocenters. The van der Waals surface area contributed by atoms with Crippen molar-refractivity contribution >= 4 is 11.7 Å². The van der Waals surface area contributed by atoms with Gasteiger partial charge in [-0.05, 0) is 56.7 Å². The molecule has 0 bridgehead atoms. The largest absolute Gasteiger partial charge is 0.393 e. The van der Waals surface area contributed by atoms with Crippen molar-refractivity contribution in [1.29, 1.82) is 0 Å². The van der Waals surface area contributed by atoms with Gasteiger partial charge in [0.05, 0.1) is 6.10 Å². The number of hydrogen-bond donors (Lipinski definition) is 2. The second-order valence-corrected chi connectivity index (χ2v) is 5.81. The lowest BCUT2D eigenvalue weighted by Crippen LogP contribution is -2.42. The van der Waals surface area contributed by atoms with Crippen LogP contribution in [0.2, 0.25) is 0 Å². The number of carbonyl (C=O) groups is 1. The lowest BCUT2D eigenvalue weighted by molar-refractivity contribution is 0.0820. The van der Waals surface area contributed by atoms with E-state index in [1.54, 1.807) is 0 Å². The standard InChI is InChI=1S/C16H24N2O2/c1-11-4-5-12(2)15(10-11)17-16(20)18-8-6-14(7-9-18)13(3)19/h4-5,10,13-14,19H,6-9H2,1-3H3,(H,17,20). The summed E-state index contributed by atoms with van der Waals surface area (Å²) in [4.78, 5) is 14.1. The Morgan fingerprint density at radius 1 is 1.35 bits per heavy atom. The Morgan fingerprint density at radius 2 is 2.00 bits per heavy atom. The van der Waals surface area contributed by atoms with Crippen LogP contribution in [0.25, 0.3) is 0 Å². The predicted octanol–water partition coefficient (Wildman–Crippen LogP) is 2.93. The third-order valence-electron chi connectivity index (χ3n) is 4.14. The molecular weight excluding hydrogens is 252 g/mol. The highest BCUT2D eigenvalue weighted by atomic mass is 16.3. The average molecular weight is 276 g/mol. The van der Waals surface area contributed by atoms with Crippen molar-refractivity contribution in [3.63, 3.8) is 0 Å². The van der Waals surface area contributed by atoms with Crippen LogP contribution in [0.4, 0.5) is 10.5 Å². The Morgan fingerprint density at radius 3 is 2.60 bits per heavy atom. The van der Waals surface area contributed by atoms with Crippen molar-refractivity contribution in [3.8, 4) is 0 Å². The van der Waals surface area contributed by atoms with Crippen LogP contribution in [-0.2, 0) is 0 Å². The number of urea groups is 1. The Bertz CT molecular complexity index is 477. The summed E-state index contributed by atoms with van der Waals surface area (Å²) in [6, 6.07) is 6.02. The summed E-state index contributed by atoms with van der Waals surface area (Å²) >= 11 is 0. The lowest BCUT2D eigenvalue weighted by Gasteiger charge is -2.33. The van der Waals surface area contributed by atoms with Crippen LogP contribution in [0.5, 0.6) is 0 Å². The number of benzene rings is 1. The van der Waals surface area contributed by atoms with Crippen LogP contribution in [0.15, 0.2) is 18.2 Å². The Labute approximate surface area is 120 Å². The molecular formula is C16H24N2O2. The van der Waals surface area contributed by atoms with Crippen LogP contribution >= 0.6 is 0 Å². The van der Waals surface area contributed by atoms with Crippen molar-refractivity contribution < 1.29 is 9.90 Å². The van der Waals surface area contributed by atoms with Gasteiger partial charge in [-0.15, -0.1) is 0 Å². The van der Waals surface area contributed by atoms with Crippen LogP contribution in [0, 0.1) is 19.8 Å². The average Bonchev–Trinajstić information content (AvgIpc) is 2.43. The first-order valence-corrected chi connectivity index (χ1v) is 7.28. The van der Waals surface area contributed by atoms with Gasteiger partial charge >= 0.3 is 6.03 Å². The molecule has 2 N–H and O–H groups in total. The predicted molar refractivity (Wildman–Crippen MR) is 80.9 cm³/mol. The van der Waals surface area contributed by atoms with Crippen molar-refractivity contribution in [3.05, 3.63) is 29.3 Å². The fourth-order valence-corrected chi connectivity index (χ4v) is 2.65. The zero-order valence-electron chi connectivity index (χ0n) is 12.5. The number of aliphatic hydroxyl groups is 1. The third kappa shape index (κ3) is 3.51. The molecule has 1 aromatic rings. The molecule has 0 aromatic heterocycles. The minimum absolute atomic E-state index is 0.0391. The van der Waals surface area contributed by atoms with Crippen molar-refractivity contribution in [1.82, 2.24) is 4.90 Å². The van der Waals surface area contributed by atoms with E-state index in [0.29, 0.717) is 19.0 Å². The molecule has 1 fully saturated rings. The second-order valence-electron chi connectivity index (χ2n) is 5.81. The third-order valence-corrected chi connectivity index (χ3v) is 4.14. The maximum atomic E-state index is 12.3. The highest BCUT2D eigenvalue weighted by molar-refractivity contribution is 5.90. The number of nitrogens with zero attached hydrogens (tertiary/aromatic N) is 1. The summed E-state index contributed by atoms with van der Waals surface area (Å²) in [5, 5.41) is 12.6. The second kappa shape index (κ2) is 6.27. The fraction of sp³-hybridized carbons (Fsp3) is 0.562. The molecule has 4 nitrogen and oxygen atoms in total. The Balaban J connectivity index is 1.94. The van der Waals surface area contributed by atoms with E-state index in [-0.39, 0.29) is 12.1 Å². The maximum Gasteiger partial charge on any atom is 0.321 e. The number of likely N-dealkylation sites (tertiary alicyclic amines) is 1. The van der Waals surface area contributed by atoms with E-state index in [1.165, 1.54) is 0 Å². The summed E-state index contributed by atoms with van der Waals surface area (Å²) < 4.78 is 0. The van der Waals surface area contributed by atoms with Gasteiger partial charge in [0.2, 0.25) is 0 Å². The summed E-state index contributed by atoms with van der Waals surface area (Å²) in [5.41, 5.74) is 3.09. The van der Waals surface area contributed by atoms with Crippen LogP contribution in [0.1, 0.15) is 30.9 Å². The first-order chi connectivity index (χ1) is 9.47. The summed E-state index contributed by atoms with van der Waals surface area (Å²) in [5.74, 6) is 0.319. The van der Waals surface area contributed by atoms with Crippen LogP contribution in [-0.4, -0.2) is 35.2 Å². The van der Waals surface area contributed by atoms with Gasteiger partial charge in [0.15, 0.2) is 0 Å². The number of anilines is 1. The molecule has 20 heavy (non-hydrogen) atoms. The van der Waals surface area contributed by atoms with E-state index in [2.05, 4.69) is 5.32 Å². The lowest BCUT2D eigenvalue weighted by atomic mass is 9.92. The Kier molecular flexibility index (Phi) is 4.65. The molecule has 2 rings (SSSR count). The molecule has 110 valence electrons. The minimum Gasteiger partial charge on any atom is -0.393 e. The van der Waals surface area contributed by atoms with Gasteiger partial charge in [-0.3, -0.25) is 0 Å². The highest BCUT2D eigenvalue weighted by Gasteiger charge is 2.25. The van der Waals surface area contributed by atoms with Crippen molar-refractivity contribution in [2.24, 2.45) is 5.92 Å². The molecule has 1 saturated heterocycles. The van der Waals surface area contributed by atoms with E-state index in [4.69, 9.17) is 0 Å². The van der Waals surface area contributed by atoms with E-state index in [9.17, 15) is 9.90 Å². The van der Waals surface area contributed by atoms with Gasteiger partial charge in [0, 0.05) is 18.8 Å². The molecule has 0 saturated carbocycles. The molecule has 1 atom stereocenters. The minimum atomic E-state index is -0.278. The summed E-state index contributed by atoms with van der Waals surface area (Å²) in [6.45, 7) is 7.27. The molecule has 1 aliphatic rings. The van der Waals surface area contributed by atoms with Gasteiger partial charge in [-0.2, -0.15) is 0 Å². The Hall–Kier alpha value is -1.55. The first-order valence-electron chi connectivity index (χ1n) is 7.28. The number of amides is 2. The topological polar surface area (TPSA) is 52.6 Å². The molecule has 0 spiro atoms. The monoisotopic (exact) mass is 276 g/mol. The van der Waals surface area contributed by atoms with Gasteiger partial charge < -0.3 is 15.3 Å². The molecule has 1 aromatic carbocycles. The number of carbonyl (C=O) groups excluding carboxylic acids is 1. The number of piperidine rings is 1. The molecule has 4 heteroatoms. The number of hydrogen-bond acceptors (Lipinski definition) is 2. The number of aryl methyl sites for hydroxylation is 2. The van der Waals surface area contributed by atoms with E-state index in [0.717, 1.165) is 29.7 Å². The fourth-order valence-electron chi connectivity index (χ4n) is 2.65. The number of rotatable bonds is 2. The smallest absolute Gasteiger partial charge is 0.321 e. The maximum absolute atomic E-state index is 12.3. The quantitative estimate of drug-likeness (QED) is 0.872. The molecule has 1 heterocycles.